The van der Waals surface area contributed by atoms with Gasteiger partial charge in [0.05, 0.1) is 28.5 Å². The molecule has 1 unspecified atom stereocenters. The highest BCUT2D eigenvalue weighted by Gasteiger charge is 2.18. The van der Waals surface area contributed by atoms with E-state index >= 15 is 0 Å². The number of rotatable bonds is 7. The van der Waals surface area contributed by atoms with E-state index in [-0.39, 0.29) is 18.4 Å². The van der Waals surface area contributed by atoms with Crippen LogP contribution < -0.4 is 10.2 Å². The van der Waals surface area contributed by atoms with Gasteiger partial charge in [-0.1, -0.05) is 29.3 Å². The number of anilines is 1. The summed E-state index contributed by atoms with van der Waals surface area (Å²) in [6, 6.07) is 8.88. The minimum absolute atomic E-state index is 0.0225. The van der Waals surface area contributed by atoms with Crippen LogP contribution in [0.3, 0.4) is 0 Å². The summed E-state index contributed by atoms with van der Waals surface area (Å²) in [7, 11) is 3.58. The summed E-state index contributed by atoms with van der Waals surface area (Å²) in [6.07, 6.45) is 0. The van der Waals surface area contributed by atoms with Gasteiger partial charge in [0, 0.05) is 12.7 Å². The van der Waals surface area contributed by atoms with Gasteiger partial charge in [0.2, 0.25) is 5.91 Å². The Labute approximate surface area is 161 Å². The molecule has 2 N–H and O–H groups in total. The topological polar surface area (TPSA) is 53.9 Å². The average molecular weight is 401 g/mol. The minimum atomic E-state index is -0.287. The molecule has 8 heteroatoms. The van der Waals surface area contributed by atoms with Crippen molar-refractivity contribution in [3.05, 3.63) is 50.6 Å². The Morgan fingerprint density at radius 3 is 2.64 bits per heavy atom. The van der Waals surface area contributed by atoms with E-state index in [1.165, 1.54) is 9.78 Å². The second kappa shape index (κ2) is 9.20. The molecule has 0 fully saturated rings. The van der Waals surface area contributed by atoms with E-state index in [2.05, 4.69) is 5.32 Å². The fourth-order valence-corrected chi connectivity index (χ4v) is 3.36. The van der Waals surface area contributed by atoms with Crippen LogP contribution in [0.5, 0.6) is 0 Å². The number of hydrogen-bond acceptors (Lipinski definition) is 3. The van der Waals surface area contributed by atoms with Crippen LogP contribution in [0, 0.1) is 0 Å². The number of carbonyl (C=O) groups is 2. The van der Waals surface area contributed by atoms with Crippen molar-refractivity contribution in [1.29, 1.82) is 0 Å². The minimum Gasteiger partial charge on any atom is -0.332 e. The Bertz CT molecular complexity index is 737. The zero-order chi connectivity index (χ0) is 18.4. The molecule has 0 saturated carbocycles. The lowest BCUT2D eigenvalue weighted by Gasteiger charge is -2.19. The zero-order valence-corrected chi connectivity index (χ0v) is 16.3. The van der Waals surface area contributed by atoms with Crippen molar-refractivity contribution >= 4 is 52.0 Å². The van der Waals surface area contributed by atoms with E-state index in [0.717, 1.165) is 11.4 Å². The van der Waals surface area contributed by atoms with Gasteiger partial charge in [0.15, 0.2) is 6.54 Å². The van der Waals surface area contributed by atoms with E-state index in [1.807, 2.05) is 24.6 Å². The molecule has 0 radical (unpaired) electrons. The van der Waals surface area contributed by atoms with Crippen LogP contribution in [0.1, 0.15) is 4.88 Å². The summed E-state index contributed by atoms with van der Waals surface area (Å²) < 4.78 is 0. The predicted octanol–water partition coefficient (Wildman–Crippen LogP) is 2.17. The van der Waals surface area contributed by atoms with Crippen LogP contribution >= 0.6 is 34.5 Å². The van der Waals surface area contributed by atoms with Gasteiger partial charge in [0.25, 0.3) is 5.91 Å². The van der Waals surface area contributed by atoms with E-state index in [1.54, 1.807) is 36.6 Å². The van der Waals surface area contributed by atoms with Crippen LogP contribution in [0.15, 0.2) is 35.7 Å². The van der Waals surface area contributed by atoms with Crippen LogP contribution in [0.25, 0.3) is 0 Å². The number of nitrogens with zero attached hydrogens (tertiary/aromatic N) is 1. The molecule has 0 saturated heterocycles. The summed E-state index contributed by atoms with van der Waals surface area (Å²) in [5, 5.41) is 5.51. The molecule has 0 spiro atoms. The van der Waals surface area contributed by atoms with Gasteiger partial charge in [0.1, 0.15) is 6.54 Å². The lowest BCUT2D eigenvalue weighted by atomic mass is 10.3. The van der Waals surface area contributed by atoms with Crippen molar-refractivity contribution in [2.45, 2.75) is 6.54 Å². The number of carbonyl (C=O) groups excluding carboxylic acids is 2. The Kier molecular flexibility index (Phi) is 7.25. The standard InChI is InChI=1S/C17H19Cl2N3O2S/c1-21(9-13-4-3-7-25-13)11-17(24)22(2)10-16(23)20-12-5-6-14(18)15(19)8-12/h3-8H,9-11H2,1-2H3,(H,20,23)/p+1. The first-order chi connectivity index (χ1) is 11.8. The molecular formula is C17H20Cl2N3O2S+. The van der Waals surface area contributed by atoms with Gasteiger partial charge in [-0.25, -0.2) is 0 Å². The highest BCUT2D eigenvalue weighted by molar-refractivity contribution is 7.09. The molecule has 0 aliphatic rings. The van der Waals surface area contributed by atoms with Crippen LogP contribution in [0.2, 0.25) is 10.0 Å². The van der Waals surface area contributed by atoms with Crippen molar-refractivity contribution < 1.29 is 14.5 Å². The first-order valence-electron chi connectivity index (χ1n) is 7.67. The van der Waals surface area contributed by atoms with E-state index in [9.17, 15) is 9.59 Å². The number of hydrogen-bond donors (Lipinski definition) is 2. The summed E-state index contributed by atoms with van der Waals surface area (Å²) in [5.41, 5.74) is 0.542. The first-order valence-corrected chi connectivity index (χ1v) is 9.31. The second-order valence-electron chi connectivity index (χ2n) is 5.82. The molecule has 0 aliphatic carbocycles. The first kappa shape index (κ1) is 19.7. The van der Waals surface area contributed by atoms with Crippen molar-refractivity contribution in [3.63, 3.8) is 0 Å². The largest absolute Gasteiger partial charge is 0.332 e. The third-order valence-corrected chi connectivity index (χ3v) is 5.13. The average Bonchev–Trinajstić information content (AvgIpc) is 3.03. The smallest absolute Gasteiger partial charge is 0.277 e. The Balaban J connectivity index is 1.81. The number of likely N-dealkylation sites (N-methyl/N-ethyl adjacent to an activating group) is 2. The number of halogens is 2. The molecule has 2 rings (SSSR count). The SMILES string of the molecule is CN(CC(=O)Nc1ccc(Cl)c(Cl)c1)C(=O)C[NH+](C)Cc1cccs1. The number of amides is 2. The van der Waals surface area contributed by atoms with Gasteiger partial charge in [-0.2, -0.15) is 0 Å². The number of benzene rings is 1. The maximum atomic E-state index is 12.3. The molecule has 5 nitrogen and oxygen atoms in total. The van der Waals surface area contributed by atoms with Crippen molar-refractivity contribution in [1.82, 2.24) is 4.90 Å². The summed E-state index contributed by atoms with van der Waals surface area (Å²) in [5.74, 6) is -0.372. The maximum Gasteiger partial charge on any atom is 0.277 e. The summed E-state index contributed by atoms with van der Waals surface area (Å²) in [4.78, 5) is 28.1. The molecule has 1 aromatic heterocycles. The lowest BCUT2D eigenvalue weighted by molar-refractivity contribution is -0.885. The van der Waals surface area contributed by atoms with E-state index in [4.69, 9.17) is 23.2 Å². The van der Waals surface area contributed by atoms with Gasteiger partial charge in [-0.05, 0) is 29.6 Å². The quantitative estimate of drug-likeness (QED) is 0.747. The number of nitrogens with one attached hydrogen (secondary N) is 2. The van der Waals surface area contributed by atoms with Gasteiger partial charge in [-0.15, -0.1) is 11.3 Å². The predicted molar refractivity (Wildman–Crippen MR) is 103 cm³/mol. The zero-order valence-electron chi connectivity index (χ0n) is 14.0. The summed E-state index contributed by atoms with van der Waals surface area (Å²) >= 11 is 13.4. The normalized spacial score (nSPS) is 11.8. The Hall–Kier alpha value is -1.60. The molecular weight excluding hydrogens is 381 g/mol. The van der Waals surface area contributed by atoms with Crippen molar-refractivity contribution in [3.8, 4) is 0 Å². The van der Waals surface area contributed by atoms with Gasteiger partial charge >= 0.3 is 0 Å². The van der Waals surface area contributed by atoms with Crippen LogP contribution in [-0.4, -0.2) is 43.9 Å². The fraction of sp³-hybridized carbons (Fsp3) is 0.294. The Morgan fingerprint density at radius 1 is 1.24 bits per heavy atom. The Morgan fingerprint density at radius 2 is 2.00 bits per heavy atom. The molecule has 1 aromatic carbocycles. The molecule has 2 amide bonds. The monoisotopic (exact) mass is 400 g/mol. The lowest BCUT2D eigenvalue weighted by Crippen LogP contribution is -3.08. The van der Waals surface area contributed by atoms with Crippen molar-refractivity contribution in [2.24, 2.45) is 0 Å². The molecule has 25 heavy (non-hydrogen) atoms. The molecule has 1 atom stereocenters. The molecule has 2 aromatic rings. The van der Waals surface area contributed by atoms with Gasteiger partial charge < -0.3 is 15.1 Å². The number of thiophene rings is 1. The fourth-order valence-electron chi connectivity index (χ4n) is 2.24. The van der Waals surface area contributed by atoms with E-state index < -0.39 is 0 Å². The van der Waals surface area contributed by atoms with Crippen LogP contribution in [0.4, 0.5) is 5.69 Å². The highest BCUT2D eigenvalue weighted by atomic mass is 35.5. The second-order valence-corrected chi connectivity index (χ2v) is 7.66. The summed E-state index contributed by atoms with van der Waals surface area (Å²) in [6.45, 7) is 1.09. The molecule has 0 bridgehead atoms. The van der Waals surface area contributed by atoms with Crippen molar-refractivity contribution in [2.75, 3.05) is 32.5 Å². The maximum absolute atomic E-state index is 12.3. The third-order valence-electron chi connectivity index (χ3n) is 3.52. The molecule has 1 heterocycles. The highest BCUT2D eigenvalue weighted by Crippen LogP contribution is 2.24. The third kappa shape index (κ3) is 6.32. The van der Waals surface area contributed by atoms with Crippen LogP contribution in [-0.2, 0) is 16.1 Å². The molecule has 134 valence electrons. The van der Waals surface area contributed by atoms with Gasteiger partial charge in [-0.3, -0.25) is 9.59 Å². The number of quaternary nitrogens is 1. The molecule has 0 aliphatic heterocycles. The van der Waals surface area contributed by atoms with E-state index in [0.29, 0.717) is 22.3 Å².